The third kappa shape index (κ3) is 2.42. The second-order valence-corrected chi connectivity index (χ2v) is 2.40. The molecule has 0 aliphatic heterocycles. The standard InChI is InChI=1S/C9H10FN/c1-7-4-3-5-9(6-7)11-8(2)10/h3-6,11H,2H2,1H3. The molecule has 0 atom stereocenters. The SMILES string of the molecule is C=C(F)Nc1cccc(C)c1. The maximum Gasteiger partial charge on any atom is 0.184 e. The third-order valence-electron chi connectivity index (χ3n) is 1.30. The van der Waals surface area contributed by atoms with Gasteiger partial charge < -0.3 is 5.32 Å². The second-order valence-electron chi connectivity index (χ2n) is 2.40. The van der Waals surface area contributed by atoms with Gasteiger partial charge in [-0.2, -0.15) is 4.39 Å². The van der Waals surface area contributed by atoms with Crippen molar-refractivity contribution in [3.05, 3.63) is 42.4 Å². The average Bonchev–Trinajstić information content (AvgIpc) is 1.85. The highest BCUT2D eigenvalue weighted by atomic mass is 19.1. The summed E-state index contributed by atoms with van der Waals surface area (Å²) < 4.78 is 12.2. The Morgan fingerprint density at radius 1 is 1.55 bits per heavy atom. The molecule has 0 aliphatic carbocycles. The number of nitrogens with one attached hydrogen (secondary N) is 1. The van der Waals surface area contributed by atoms with Crippen molar-refractivity contribution in [2.75, 3.05) is 5.32 Å². The molecule has 0 saturated carbocycles. The summed E-state index contributed by atoms with van der Waals surface area (Å²) in [6.45, 7) is 5.05. The zero-order chi connectivity index (χ0) is 8.27. The summed E-state index contributed by atoms with van der Waals surface area (Å²) in [7, 11) is 0. The fourth-order valence-electron chi connectivity index (χ4n) is 0.879. The monoisotopic (exact) mass is 151 g/mol. The molecule has 0 unspecified atom stereocenters. The molecule has 0 radical (unpaired) electrons. The van der Waals surface area contributed by atoms with Gasteiger partial charge in [-0.1, -0.05) is 12.1 Å². The van der Waals surface area contributed by atoms with Gasteiger partial charge in [0, 0.05) is 5.69 Å². The molecule has 1 nitrogen and oxygen atoms in total. The summed E-state index contributed by atoms with van der Waals surface area (Å²) in [4.78, 5) is 0. The van der Waals surface area contributed by atoms with E-state index in [2.05, 4.69) is 11.9 Å². The fourth-order valence-corrected chi connectivity index (χ4v) is 0.879. The van der Waals surface area contributed by atoms with Gasteiger partial charge in [0.05, 0.1) is 0 Å². The molecule has 58 valence electrons. The van der Waals surface area contributed by atoms with Crippen LogP contribution < -0.4 is 5.32 Å². The van der Waals surface area contributed by atoms with Gasteiger partial charge in [0.15, 0.2) is 5.95 Å². The van der Waals surface area contributed by atoms with Gasteiger partial charge in [0.2, 0.25) is 0 Å². The van der Waals surface area contributed by atoms with Crippen molar-refractivity contribution in [2.24, 2.45) is 0 Å². The van der Waals surface area contributed by atoms with E-state index in [1.165, 1.54) is 0 Å². The van der Waals surface area contributed by atoms with Crippen LogP contribution >= 0.6 is 0 Å². The van der Waals surface area contributed by atoms with Crippen LogP contribution in [-0.4, -0.2) is 0 Å². The van der Waals surface area contributed by atoms with Crippen molar-refractivity contribution in [3.63, 3.8) is 0 Å². The lowest BCUT2D eigenvalue weighted by molar-refractivity contribution is 0.651. The highest BCUT2D eigenvalue weighted by Gasteiger charge is 1.91. The lowest BCUT2D eigenvalue weighted by Gasteiger charge is -2.01. The zero-order valence-electron chi connectivity index (χ0n) is 6.39. The lowest BCUT2D eigenvalue weighted by atomic mass is 10.2. The van der Waals surface area contributed by atoms with E-state index >= 15 is 0 Å². The van der Waals surface area contributed by atoms with Gasteiger partial charge in [-0.3, -0.25) is 0 Å². The maximum absolute atomic E-state index is 12.2. The summed E-state index contributed by atoms with van der Waals surface area (Å²) in [5.41, 5.74) is 1.83. The molecule has 0 bridgehead atoms. The zero-order valence-corrected chi connectivity index (χ0v) is 6.39. The number of benzene rings is 1. The maximum atomic E-state index is 12.2. The minimum Gasteiger partial charge on any atom is -0.333 e. The Labute approximate surface area is 65.6 Å². The van der Waals surface area contributed by atoms with Crippen LogP contribution in [0.2, 0.25) is 0 Å². The molecule has 2 heteroatoms. The van der Waals surface area contributed by atoms with Crippen LogP contribution in [0.25, 0.3) is 0 Å². The Balaban J connectivity index is 2.79. The Morgan fingerprint density at radius 2 is 2.27 bits per heavy atom. The van der Waals surface area contributed by atoms with Gasteiger partial charge in [-0.25, -0.2) is 0 Å². The molecule has 0 aromatic heterocycles. The van der Waals surface area contributed by atoms with Gasteiger partial charge in [0.25, 0.3) is 0 Å². The fraction of sp³-hybridized carbons (Fsp3) is 0.111. The van der Waals surface area contributed by atoms with Crippen LogP contribution in [0.4, 0.5) is 10.1 Å². The van der Waals surface area contributed by atoms with Crippen LogP contribution in [-0.2, 0) is 0 Å². The van der Waals surface area contributed by atoms with Gasteiger partial charge in [0.1, 0.15) is 0 Å². The number of hydrogen-bond donors (Lipinski definition) is 1. The largest absolute Gasteiger partial charge is 0.333 e. The minimum absolute atomic E-state index is 0.532. The first-order chi connectivity index (χ1) is 5.18. The van der Waals surface area contributed by atoms with Crippen LogP contribution in [0.1, 0.15) is 5.56 Å². The first-order valence-electron chi connectivity index (χ1n) is 3.36. The summed E-state index contributed by atoms with van der Waals surface area (Å²) in [6, 6.07) is 7.45. The molecule has 0 spiro atoms. The Morgan fingerprint density at radius 3 is 2.82 bits per heavy atom. The summed E-state index contributed by atoms with van der Waals surface area (Å²) in [5, 5.41) is 2.48. The van der Waals surface area contributed by atoms with Crippen molar-refractivity contribution < 1.29 is 4.39 Å². The Kier molecular flexibility index (Phi) is 2.26. The van der Waals surface area contributed by atoms with Crippen LogP contribution in [0.15, 0.2) is 36.8 Å². The first-order valence-corrected chi connectivity index (χ1v) is 3.36. The quantitative estimate of drug-likeness (QED) is 0.641. The second kappa shape index (κ2) is 3.19. The number of rotatable bonds is 2. The van der Waals surface area contributed by atoms with Crippen molar-refractivity contribution in [1.82, 2.24) is 0 Å². The van der Waals surface area contributed by atoms with E-state index < -0.39 is 5.95 Å². The number of hydrogen-bond acceptors (Lipinski definition) is 1. The normalized spacial score (nSPS) is 9.27. The molecular formula is C9H10FN. The van der Waals surface area contributed by atoms with Crippen LogP contribution in [0, 0.1) is 6.92 Å². The highest BCUT2D eigenvalue weighted by Crippen LogP contribution is 2.11. The van der Waals surface area contributed by atoms with E-state index in [-0.39, 0.29) is 0 Å². The average molecular weight is 151 g/mol. The molecule has 1 rings (SSSR count). The molecule has 0 heterocycles. The van der Waals surface area contributed by atoms with Crippen molar-refractivity contribution in [2.45, 2.75) is 6.92 Å². The van der Waals surface area contributed by atoms with Crippen molar-refractivity contribution in [1.29, 1.82) is 0 Å². The van der Waals surface area contributed by atoms with Crippen molar-refractivity contribution >= 4 is 5.69 Å². The first kappa shape index (κ1) is 7.79. The van der Waals surface area contributed by atoms with Crippen LogP contribution in [0.5, 0.6) is 0 Å². The predicted molar refractivity (Wildman–Crippen MR) is 45.0 cm³/mol. The van der Waals surface area contributed by atoms with Gasteiger partial charge in [-0.05, 0) is 31.2 Å². The molecule has 0 saturated heterocycles. The number of halogens is 1. The van der Waals surface area contributed by atoms with E-state index in [4.69, 9.17) is 0 Å². The number of anilines is 1. The highest BCUT2D eigenvalue weighted by molar-refractivity contribution is 5.48. The third-order valence-corrected chi connectivity index (χ3v) is 1.30. The topological polar surface area (TPSA) is 12.0 Å². The molecule has 0 amide bonds. The molecular weight excluding hydrogens is 141 g/mol. The molecule has 1 aromatic rings. The van der Waals surface area contributed by atoms with Crippen molar-refractivity contribution in [3.8, 4) is 0 Å². The number of aryl methyl sites for hydroxylation is 1. The molecule has 1 aromatic carbocycles. The Bertz CT molecular complexity index is 268. The van der Waals surface area contributed by atoms with E-state index in [9.17, 15) is 4.39 Å². The van der Waals surface area contributed by atoms with Gasteiger partial charge >= 0.3 is 0 Å². The predicted octanol–water partition coefficient (Wildman–Crippen LogP) is 2.85. The molecule has 0 fully saturated rings. The molecule has 0 aliphatic rings. The van der Waals surface area contributed by atoms with E-state index in [1.54, 1.807) is 6.07 Å². The lowest BCUT2D eigenvalue weighted by Crippen LogP contribution is -1.91. The Hall–Kier alpha value is -1.31. The van der Waals surface area contributed by atoms with E-state index in [0.717, 1.165) is 11.3 Å². The summed E-state index contributed by atoms with van der Waals surface area (Å²) in [6.07, 6.45) is 0. The van der Waals surface area contributed by atoms with Crippen LogP contribution in [0.3, 0.4) is 0 Å². The smallest absolute Gasteiger partial charge is 0.184 e. The van der Waals surface area contributed by atoms with E-state index in [0.29, 0.717) is 0 Å². The van der Waals surface area contributed by atoms with Gasteiger partial charge in [-0.15, -0.1) is 0 Å². The molecule has 11 heavy (non-hydrogen) atoms. The molecule has 1 N–H and O–H groups in total. The minimum atomic E-state index is -0.532. The van der Waals surface area contributed by atoms with E-state index in [1.807, 2.05) is 25.1 Å². The summed E-state index contributed by atoms with van der Waals surface area (Å²) >= 11 is 0. The summed E-state index contributed by atoms with van der Waals surface area (Å²) in [5.74, 6) is -0.532.